The Morgan fingerprint density at radius 2 is 2.05 bits per heavy atom. The highest BCUT2D eigenvalue weighted by atomic mass is 32.2. The third kappa shape index (κ3) is 4.84. The largest absolute Gasteiger partial charge is 0.313 e. The Labute approximate surface area is 119 Å². The van der Waals surface area contributed by atoms with Crippen LogP contribution in [0.1, 0.15) is 27.2 Å². The molecule has 106 valence electrons. The molecule has 4 nitrogen and oxygen atoms in total. The number of hydrogen-bond acceptors (Lipinski definition) is 4. The molecule has 0 amide bonds. The first-order valence-corrected chi connectivity index (χ1v) is 7.68. The van der Waals surface area contributed by atoms with E-state index in [1.54, 1.807) is 23.9 Å². The number of hydrogen-bond donors (Lipinski definition) is 1. The number of benzene rings is 1. The molecule has 2 atom stereocenters. The Hall–Kier alpha value is -1.07. The summed E-state index contributed by atoms with van der Waals surface area (Å²) in [6, 6.07) is 7.33. The van der Waals surface area contributed by atoms with Crippen LogP contribution in [0.4, 0.5) is 5.69 Å². The average molecular weight is 282 g/mol. The highest BCUT2D eigenvalue weighted by Gasteiger charge is 2.18. The van der Waals surface area contributed by atoms with Crippen LogP contribution in [-0.4, -0.2) is 23.3 Å². The van der Waals surface area contributed by atoms with Crippen molar-refractivity contribution >= 4 is 17.4 Å². The minimum Gasteiger partial charge on any atom is -0.313 e. The topological polar surface area (TPSA) is 55.2 Å². The van der Waals surface area contributed by atoms with Gasteiger partial charge < -0.3 is 5.32 Å². The molecule has 0 aliphatic heterocycles. The van der Waals surface area contributed by atoms with Gasteiger partial charge in [0.1, 0.15) is 0 Å². The van der Waals surface area contributed by atoms with Crippen molar-refractivity contribution in [1.29, 1.82) is 0 Å². The van der Waals surface area contributed by atoms with Gasteiger partial charge in [0.05, 0.1) is 9.82 Å². The Kier molecular flexibility index (Phi) is 6.87. The quantitative estimate of drug-likeness (QED) is 0.448. The molecular weight excluding hydrogens is 260 g/mol. The van der Waals surface area contributed by atoms with Gasteiger partial charge in [-0.2, -0.15) is 0 Å². The van der Waals surface area contributed by atoms with Gasteiger partial charge in [-0.3, -0.25) is 10.1 Å². The molecule has 19 heavy (non-hydrogen) atoms. The number of rotatable bonds is 8. The first-order valence-electron chi connectivity index (χ1n) is 6.69. The first kappa shape index (κ1) is 16.0. The summed E-state index contributed by atoms with van der Waals surface area (Å²) in [6.07, 6.45) is 1.11. The maximum absolute atomic E-state index is 11.0. The molecule has 1 aromatic carbocycles. The molecule has 0 saturated heterocycles. The van der Waals surface area contributed by atoms with Crippen LogP contribution in [-0.2, 0) is 0 Å². The summed E-state index contributed by atoms with van der Waals surface area (Å²) < 4.78 is 0. The van der Waals surface area contributed by atoms with Crippen molar-refractivity contribution in [3.63, 3.8) is 0 Å². The molecule has 0 aliphatic carbocycles. The van der Waals surface area contributed by atoms with Gasteiger partial charge in [0.25, 0.3) is 5.69 Å². The lowest BCUT2D eigenvalue weighted by Gasteiger charge is -2.23. The normalized spacial score (nSPS) is 14.1. The minimum atomic E-state index is -0.312. The van der Waals surface area contributed by atoms with Crippen LogP contribution < -0.4 is 5.32 Å². The summed E-state index contributed by atoms with van der Waals surface area (Å²) in [5.41, 5.74) is 0.201. The lowest BCUT2D eigenvalue weighted by Crippen LogP contribution is -2.36. The number of para-hydroxylation sites is 1. The van der Waals surface area contributed by atoms with Crippen LogP contribution in [0.3, 0.4) is 0 Å². The molecule has 0 heterocycles. The molecule has 1 N–H and O–H groups in total. The molecule has 0 spiro atoms. The number of thioether (sulfide) groups is 1. The fourth-order valence-corrected chi connectivity index (χ4v) is 3.15. The van der Waals surface area contributed by atoms with Gasteiger partial charge >= 0.3 is 0 Å². The molecule has 2 unspecified atom stereocenters. The second kappa shape index (κ2) is 8.17. The first-order chi connectivity index (χ1) is 9.10. The number of nitro groups is 1. The highest BCUT2D eigenvalue weighted by molar-refractivity contribution is 7.99. The van der Waals surface area contributed by atoms with Crippen molar-refractivity contribution in [1.82, 2.24) is 5.32 Å². The van der Waals surface area contributed by atoms with Crippen LogP contribution in [0.15, 0.2) is 29.2 Å². The van der Waals surface area contributed by atoms with E-state index in [0.717, 1.165) is 23.6 Å². The van der Waals surface area contributed by atoms with Crippen molar-refractivity contribution in [2.75, 3.05) is 12.3 Å². The number of nitro benzene ring substituents is 1. The standard InChI is InChI=1S/C14H22N2O2S/c1-4-11(3)12(15-5-2)10-19-14-9-7-6-8-13(14)16(17)18/h6-9,11-12,15H,4-5,10H2,1-3H3. The number of nitrogens with zero attached hydrogens (tertiary/aromatic N) is 1. The van der Waals surface area contributed by atoms with E-state index in [1.807, 2.05) is 12.1 Å². The van der Waals surface area contributed by atoms with Crippen molar-refractivity contribution in [3.8, 4) is 0 Å². The van der Waals surface area contributed by atoms with Gasteiger partial charge in [-0.1, -0.05) is 39.3 Å². The summed E-state index contributed by atoms with van der Waals surface area (Å²) in [7, 11) is 0. The number of nitrogens with one attached hydrogen (secondary N) is 1. The lowest BCUT2D eigenvalue weighted by molar-refractivity contribution is -0.387. The van der Waals surface area contributed by atoms with Gasteiger partial charge in [0.2, 0.25) is 0 Å². The zero-order valence-corrected chi connectivity index (χ0v) is 12.6. The molecule has 1 rings (SSSR count). The van der Waals surface area contributed by atoms with Crippen LogP contribution in [0.2, 0.25) is 0 Å². The SMILES string of the molecule is CCNC(CSc1ccccc1[N+](=O)[O-])C(C)CC. The molecule has 0 radical (unpaired) electrons. The molecule has 0 saturated carbocycles. The second-order valence-corrected chi connectivity index (χ2v) is 5.65. The fourth-order valence-electron chi connectivity index (χ4n) is 1.88. The lowest BCUT2D eigenvalue weighted by atomic mass is 10.0. The third-order valence-corrected chi connectivity index (χ3v) is 4.46. The van der Waals surface area contributed by atoms with Gasteiger partial charge in [-0.05, 0) is 18.5 Å². The van der Waals surface area contributed by atoms with Crippen LogP contribution in [0, 0.1) is 16.0 Å². The zero-order valence-electron chi connectivity index (χ0n) is 11.8. The van der Waals surface area contributed by atoms with Crippen LogP contribution in [0.5, 0.6) is 0 Å². The van der Waals surface area contributed by atoms with E-state index in [0.29, 0.717) is 12.0 Å². The third-order valence-electron chi connectivity index (χ3n) is 3.28. The molecule has 1 aromatic rings. The smallest absolute Gasteiger partial charge is 0.282 e. The van der Waals surface area contributed by atoms with Gasteiger partial charge in [0, 0.05) is 17.9 Å². The molecule has 0 bridgehead atoms. The van der Waals surface area contributed by atoms with Crippen molar-refractivity contribution < 1.29 is 4.92 Å². The molecule has 0 aromatic heterocycles. The van der Waals surface area contributed by atoms with Gasteiger partial charge in [-0.15, -0.1) is 11.8 Å². The van der Waals surface area contributed by atoms with Crippen molar-refractivity contribution in [3.05, 3.63) is 34.4 Å². The molecule has 0 aliphatic rings. The summed E-state index contributed by atoms with van der Waals surface area (Å²) in [5, 5.41) is 14.4. The van der Waals surface area contributed by atoms with Crippen LogP contribution >= 0.6 is 11.8 Å². The Bertz CT molecular complexity index is 412. The molecular formula is C14H22N2O2S. The zero-order chi connectivity index (χ0) is 14.3. The second-order valence-electron chi connectivity index (χ2n) is 4.59. The van der Waals surface area contributed by atoms with Crippen molar-refractivity contribution in [2.24, 2.45) is 5.92 Å². The molecule has 5 heteroatoms. The fraction of sp³-hybridized carbons (Fsp3) is 0.571. The van der Waals surface area contributed by atoms with E-state index in [4.69, 9.17) is 0 Å². The van der Waals surface area contributed by atoms with Gasteiger partial charge in [0.15, 0.2) is 0 Å². The maximum Gasteiger partial charge on any atom is 0.282 e. The average Bonchev–Trinajstić information content (AvgIpc) is 2.42. The summed E-state index contributed by atoms with van der Waals surface area (Å²) >= 11 is 1.56. The monoisotopic (exact) mass is 282 g/mol. The van der Waals surface area contributed by atoms with Gasteiger partial charge in [-0.25, -0.2) is 0 Å². The maximum atomic E-state index is 11.0. The summed E-state index contributed by atoms with van der Waals surface area (Å²) in [6.45, 7) is 7.40. The summed E-state index contributed by atoms with van der Waals surface area (Å²) in [4.78, 5) is 11.4. The van der Waals surface area contributed by atoms with Crippen LogP contribution in [0.25, 0.3) is 0 Å². The Morgan fingerprint density at radius 1 is 1.37 bits per heavy atom. The highest BCUT2D eigenvalue weighted by Crippen LogP contribution is 2.30. The van der Waals surface area contributed by atoms with E-state index >= 15 is 0 Å². The summed E-state index contributed by atoms with van der Waals surface area (Å²) in [5.74, 6) is 1.42. The van der Waals surface area contributed by atoms with E-state index in [-0.39, 0.29) is 10.6 Å². The minimum absolute atomic E-state index is 0.201. The molecule has 0 fully saturated rings. The van der Waals surface area contributed by atoms with E-state index in [1.165, 1.54) is 0 Å². The predicted octanol–water partition coefficient (Wildman–Crippen LogP) is 3.71. The van der Waals surface area contributed by atoms with E-state index in [9.17, 15) is 10.1 Å². The predicted molar refractivity (Wildman–Crippen MR) is 80.7 cm³/mol. The van der Waals surface area contributed by atoms with Crippen molar-refractivity contribution in [2.45, 2.75) is 38.1 Å². The Morgan fingerprint density at radius 3 is 2.63 bits per heavy atom. The Balaban J connectivity index is 2.71. The van der Waals surface area contributed by atoms with E-state index in [2.05, 4.69) is 26.1 Å². The van der Waals surface area contributed by atoms with E-state index < -0.39 is 0 Å².